The van der Waals surface area contributed by atoms with Gasteiger partial charge >= 0.3 is 0 Å². The van der Waals surface area contributed by atoms with Gasteiger partial charge in [-0.1, -0.05) is 30.3 Å². The highest BCUT2D eigenvalue weighted by Gasteiger charge is 2.11. The minimum atomic E-state index is -0.251. The van der Waals surface area contributed by atoms with Crippen molar-refractivity contribution in [3.8, 4) is 0 Å². The van der Waals surface area contributed by atoms with Crippen LogP contribution >= 0.6 is 11.3 Å². The Morgan fingerprint density at radius 2 is 2.04 bits per heavy atom. The molecule has 7 heteroatoms. The molecule has 2 N–H and O–H groups in total. The second-order valence-electron chi connectivity index (χ2n) is 5.25. The molecule has 0 aliphatic rings. The van der Waals surface area contributed by atoms with Gasteiger partial charge in [0.05, 0.1) is 6.10 Å². The maximum absolute atomic E-state index is 11.9. The summed E-state index contributed by atoms with van der Waals surface area (Å²) in [5.74, 6) is -0.458. The molecular weight excluding hydrogens is 326 g/mol. The van der Waals surface area contributed by atoms with E-state index in [0.29, 0.717) is 30.4 Å². The molecule has 0 bridgehead atoms. The molecule has 2 rings (SSSR count). The summed E-state index contributed by atoms with van der Waals surface area (Å²) >= 11 is 1.22. The molecule has 0 aliphatic heterocycles. The summed E-state index contributed by atoms with van der Waals surface area (Å²) < 4.78 is 5.75. The number of nitrogens with one attached hydrogen (secondary N) is 2. The van der Waals surface area contributed by atoms with E-state index in [9.17, 15) is 9.59 Å². The second kappa shape index (κ2) is 9.14. The monoisotopic (exact) mass is 347 g/mol. The molecule has 0 radical (unpaired) electrons. The van der Waals surface area contributed by atoms with Gasteiger partial charge in [-0.3, -0.25) is 9.59 Å². The molecule has 6 nitrogen and oxygen atoms in total. The summed E-state index contributed by atoms with van der Waals surface area (Å²) in [6, 6.07) is 10.0. The molecular formula is C17H21N3O3S. The summed E-state index contributed by atoms with van der Waals surface area (Å²) in [5.41, 5.74) is 1.44. The lowest BCUT2D eigenvalue weighted by atomic mass is 10.1. The number of ether oxygens (including phenoxy) is 1. The largest absolute Gasteiger partial charge is 0.374 e. The van der Waals surface area contributed by atoms with Crippen LogP contribution in [0, 0.1) is 0 Å². The first-order valence-corrected chi connectivity index (χ1v) is 8.62. The van der Waals surface area contributed by atoms with Crippen molar-refractivity contribution < 1.29 is 14.3 Å². The molecule has 0 saturated heterocycles. The number of aromatic nitrogens is 1. The normalized spacial score (nSPS) is 11.8. The van der Waals surface area contributed by atoms with Crippen LogP contribution in [0.25, 0.3) is 0 Å². The average Bonchev–Trinajstić information content (AvgIpc) is 3.02. The third-order valence-corrected chi connectivity index (χ3v) is 4.02. The van der Waals surface area contributed by atoms with E-state index in [-0.39, 0.29) is 17.9 Å². The number of anilines is 1. The number of hydrogen-bond donors (Lipinski definition) is 2. The lowest BCUT2D eigenvalue weighted by molar-refractivity contribution is -0.114. The fourth-order valence-corrected chi connectivity index (χ4v) is 2.77. The maximum Gasteiger partial charge on any atom is 0.270 e. The van der Waals surface area contributed by atoms with Crippen molar-refractivity contribution in [3.63, 3.8) is 0 Å². The first-order valence-electron chi connectivity index (χ1n) is 7.74. The van der Waals surface area contributed by atoms with Crippen LogP contribution in [0.4, 0.5) is 5.13 Å². The first kappa shape index (κ1) is 18.1. The molecule has 0 unspecified atom stereocenters. The van der Waals surface area contributed by atoms with Crippen molar-refractivity contribution in [1.82, 2.24) is 10.3 Å². The van der Waals surface area contributed by atoms with Crippen molar-refractivity contribution in [1.29, 1.82) is 0 Å². The quantitative estimate of drug-likeness (QED) is 0.720. The van der Waals surface area contributed by atoms with Crippen LogP contribution in [0.15, 0.2) is 35.7 Å². The number of hydrogen-bond acceptors (Lipinski definition) is 5. The number of benzene rings is 1. The highest BCUT2D eigenvalue weighted by Crippen LogP contribution is 2.16. The molecule has 0 spiro atoms. The number of rotatable bonds is 8. The zero-order chi connectivity index (χ0) is 17.4. The van der Waals surface area contributed by atoms with Crippen LogP contribution in [0.5, 0.6) is 0 Å². The minimum absolute atomic E-state index is 0.0284. The van der Waals surface area contributed by atoms with Crippen LogP contribution in [0.2, 0.25) is 0 Å². The second-order valence-corrected chi connectivity index (χ2v) is 6.11. The van der Waals surface area contributed by atoms with Crippen molar-refractivity contribution in [2.24, 2.45) is 0 Å². The number of carbonyl (C=O) groups is 2. The Bertz CT molecular complexity index is 673. The molecule has 1 heterocycles. The maximum atomic E-state index is 11.9. The SMILES string of the molecule is CC(=O)Nc1nc(C(=O)NCCCO[C@H](C)c2ccccc2)cs1. The standard InChI is InChI=1S/C17H21N3O3S/c1-12(14-7-4-3-5-8-14)23-10-6-9-18-16(22)15-11-24-17(20-15)19-13(2)21/h3-5,7-8,11-12H,6,9-10H2,1-2H3,(H,18,22)(H,19,20,21)/t12-/m1/s1. The summed E-state index contributed by atoms with van der Waals surface area (Å²) in [4.78, 5) is 26.9. The Balaban J connectivity index is 1.66. The van der Waals surface area contributed by atoms with Gasteiger partial charge in [-0.25, -0.2) is 4.98 Å². The molecule has 2 amide bonds. The fourth-order valence-electron chi connectivity index (χ4n) is 2.03. The van der Waals surface area contributed by atoms with E-state index >= 15 is 0 Å². The van der Waals surface area contributed by atoms with Crippen LogP contribution in [-0.2, 0) is 9.53 Å². The van der Waals surface area contributed by atoms with E-state index in [1.165, 1.54) is 18.3 Å². The topological polar surface area (TPSA) is 80.3 Å². The van der Waals surface area contributed by atoms with Crippen molar-refractivity contribution >= 4 is 28.3 Å². The molecule has 1 aromatic carbocycles. The predicted octanol–water partition coefficient (Wildman–Crippen LogP) is 3.00. The molecule has 2 aromatic rings. The van der Waals surface area contributed by atoms with Crippen LogP contribution in [0.1, 0.15) is 42.4 Å². The number of nitrogens with zero attached hydrogens (tertiary/aromatic N) is 1. The summed E-state index contributed by atoms with van der Waals surface area (Å²) in [5, 5.41) is 7.39. The van der Waals surface area contributed by atoms with Crippen molar-refractivity contribution in [2.75, 3.05) is 18.5 Å². The van der Waals surface area contributed by atoms with Crippen LogP contribution in [-0.4, -0.2) is 29.9 Å². The van der Waals surface area contributed by atoms with Gasteiger partial charge in [0, 0.05) is 25.5 Å². The number of amides is 2. The zero-order valence-corrected chi connectivity index (χ0v) is 14.6. The lowest BCUT2D eigenvalue weighted by Crippen LogP contribution is -2.25. The Morgan fingerprint density at radius 1 is 1.29 bits per heavy atom. The highest BCUT2D eigenvalue weighted by molar-refractivity contribution is 7.14. The fraction of sp³-hybridized carbons (Fsp3) is 0.353. The van der Waals surface area contributed by atoms with Gasteiger partial charge in [-0.15, -0.1) is 11.3 Å². The molecule has 0 fully saturated rings. The molecule has 24 heavy (non-hydrogen) atoms. The average molecular weight is 347 g/mol. The van der Waals surface area contributed by atoms with E-state index in [2.05, 4.69) is 15.6 Å². The minimum Gasteiger partial charge on any atom is -0.374 e. The van der Waals surface area contributed by atoms with Gasteiger partial charge in [-0.2, -0.15) is 0 Å². The van der Waals surface area contributed by atoms with E-state index in [1.54, 1.807) is 5.38 Å². The van der Waals surface area contributed by atoms with Gasteiger partial charge in [0.15, 0.2) is 5.13 Å². The van der Waals surface area contributed by atoms with Gasteiger partial charge < -0.3 is 15.4 Å². The predicted molar refractivity (Wildman–Crippen MR) is 94.2 cm³/mol. The Labute approximate surface area is 145 Å². The number of carbonyl (C=O) groups excluding carboxylic acids is 2. The molecule has 128 valence electrons. The first-order chi connectivity index (χ1) is 11.6. The Kier molecular flexibility index (Phi) is 6.89. The van der Waals surface area contributed by atoms with E-state index in [4.69, 9.17) is 4.74 Å². The highest BCUT2D eigenvalue weighted by atomic mass is 32.1. The van der Waals surface area contributed by atoms with Crippen molar-refractivity contribution in [2.45, 2.75) is 26.4 Å². The molecule has 1 aromatic heterocycles. The summed E-state index contributed by atoms with van der Waals surface area (Å²) in [7, 11) is 0. The van der Waals surface area contributed by atoms with Gasteiger partial charge in [0.2, 0.25) is 5.91 Å². The zero-order valence-electron chi connectivity index (χ0n) is 13.7. The van der Waals surface area contributed by atoms with E-state index < -0.39 is 0 Å². The van der Waals surface area contributed by atoms with Crippen LogP contribution < -0.4 is 10.6 Å². The van der Waals surface area contributed by atoms with Crippen molar-refractivity contribution in [3.05, 3.63) is 47.0 Å². The summed E-state index contributed by atoms with van der Waals surface area (Å²) in [6.07, 6.45) is 0.742. The van der Waals surface area contributed by atoms with Gasteiger partial charge in [-0.05, 0) is 18.9 Å². The smallest absolute Gasteiger partial charge is 0.270 e. The Hall–Kier alpha value is -2.25. The Morgan fingerprint density at radius 3 is 2.75 bits per heavy atom. The van der Waals surface area contributed by atoms with E-state index in [0.717, 1.165) is 5.56 Å². The third-order valence-electron chi connectivity index (χ3n) is 3.26. The third kappa shape index (κ3) is 5.75. The van der Waals surface area contributed by atoms with Gasteiger partial charge in [0.1, 0.15) is 5.69 Å². The molecule has 0 aliphatic carbocycles. The molecule has 0 saturated carbocycles. The summed E-state index contributed by atoms with van der Waals surface area (Å²) in [6.45, 7) is 4.47. The van der Waals surface area contributed by atoms with Gasteiger partial charge in [0.25, 0.3) is 5.91 Å². The number of thiazole rings is 1. The van der Waals surface area contributed by atoms with E-state index in [1.807, 2.05) is 37.3 Å². The van der Waals surface area contributed by atoms with Crippen LogP contribution in [0.3, 0.4) is 0 Å². The lowest BCUT2D eigenvalue weighted by Gasteiger charge is -2.13. The molecule has 1 atom stereocenters.